The Labute approximate surface area is 153 Å². The molecule has 25 heavy (non-hydrogen) atoms. The Balaban J connectivity index is 1.57. The smallest absolute Gasteiger partial charge is 0.321 e. The molecule has 0 atom stereocenters. The van der Waals surface area contributed by atoms with Crippen LogP contribution in [-0.4, -0.2) is 61.1 Å². The predicted molar refractivity (Wildman–Crippen MR) is 96.8 cm³/mol. The van der Waals surface area contributed by atoms with Gasteiger partial charge in [0.15, 0.2) is 0 Å². The van der Waals surface area contributed by atoms with Crippen molar-refractivity contribution in [3.63, 3.8) is 0 Å². The van der Waals surface area contributed by atoms with Crippen LogP contribution in [0.5, 0.6) is 0 Å². The Bertz CT molecular complexity index is 627. The molecule has 2 aliphatic heterocycles. The van der Waals surface area contributed by atoms with Gasteiger partial charge in [0.05, 0.1) is 13.2 Å². The van der Waals surface area contributed by atoms with E-state index in [4.69, 9.17) is 16.3 Å². The van der Waals surface area contributed by atoms with Crippen molar-refractivity contribution >= 4 is 29.2 Å². The molecular weight excluding hydrogens is 342 g/mol. The summed E-state index contributed by atoms with van der Waals surface area (Å²) in [7, 11) is 0. The molecule has 1 spiro atoms. The molecule has 0 saturated carbocycles. The lowest BCUT2D eigenvalue weighted by Gasteiger charge is -2.42. The Morgan fingerprint density at radius 1 is 1.12 bits per heavy atom. The summed E-state index contributed by atoms with van der Waals surface area (Å²) in [6, 6.07) is 6.98. The first-order valence-corrected chi connectivity index (χ1v) is 9.00. The minimum absolute atomic E-state index is 0.0424. The monoisotopic (exact) mass is 365 g/mol. The maximum atomic E-state index is 12.5. The number of halogens is 1. The number of nitrogens with zero attached hydrogens (tertiary/aromatic N) is 2. The fourth-order valence-corrected chi connectivity index (χ4v) is 3.61. The third kappa shape index (κ3) is 4.44. The van der Waals surface area contributed by atoms with Crippen LogP contribution in [0.25, 0.3) is 0 Å². The molecule has 0 aromatic heterocycles. The molecule has 0 radical (unpaired) electrons. The van der Waals surface area contributed by atoms with Gasteiger partial charge in [-0.2, -0.15) is 0 Å². The molecule has 3 rings (SSSR count). The van der Waals surface area contributed by atoms with Crippen molar-refractivity contribution < 1.29 is 14.3 Å². The van der Waals surface area contributed by atoms with E-state index in [9.17, 15) is 9.59 Å². The molecule has 1 N–H and O–H groups in total. The fraction of sp³-hybridized carbons (Fsp3) is 0.556. The number of ether oxygens (including phenoxy) is 1. The second-order valence-corrected chi connectivity index (χ2v) is 7.35. The maximum absolute atomic E-state index is 12.5. The highest BCUT2D eigenvalue weighted by Crippen LogP contribution is 2.34. The summed E-state index contributed by atoms with van der Waals surface area (Å²) >= 11 is 5.86. The van der Waals surface area contributed by atoms with Crippen molar-refractivity contribution in [2.24, 2.45) is 5.41 Å². The first-order valence-electron chi connectivity index (χ1n) is 8.62. The number of likely N-dealkylation sites (tertiary alicyclic amines) is 1. The largest absolute Gasteiger partial charge is 0.379 e. The van der Waals surface area contributed by atoms with Crippen LogP contribution in [0.1, 0.15) is 19.8 Å². The number of benzene rings is 1. The van der Waals surface area contributed by atoms with Gasteiger partial charge in [0.1, 0.15) is 0 Å². The van der Waals surface area contributed by atoms with Crippen LogP contribution in [0.3, 0.4) is 0 Å². The molecule has 0 bridgehead atoms. The van der Waals surface area contributed by atoms with E-state index < -0.39 is 0 Å². The van der Waals surface area contributed by atoms with Crippen LogP contribution < -0.4 is 5.32 Å². The SMILES string of the molecule is CC(=O)N1CCOCC2(CCN(C(=O)Nc3ccc(Cl)cc3)CC2)C1. The van der Waals surface area contributed by atoms with Crippen molar-refractivity contribution in [1.29, 1.82) is 0 Å². The minimum atomic E-state index is -0.102. The van der Waals surface area contributed by atoms with Gasteiger partial charge in [-0.05, 0) is 37.1 Å². The van der Waals surface area contributed by atoms with Crippen LogP contribution in [0.4, 0.5) is 10.5 Å². The molecule has 2 heterocycles. The van der Waals surface area contributed by atoms with Gasteiger partial charge in [-0.1, -0.05) is 11.6 Å². The van der Waals surface area contributed by atoms with Crippen LogP contribution >= 0.6 is 11.6 Å². The van der Waals surface area contributed by atoms with Gasteiger partial charge in [-0.3, -0.25) is 4.79 Å². The standard InChI is InChI=1S/C18H24ClN3O3/c1-14(23)22-10-11-25-13-18(12-22)6-8-21(9-7-18)17(24)20-16-4-2-15(19)3-5-16/h2-5H,6-13H2,1H3,(H,20,24). The molecule has 7 heteroatoms. The molecular formula is C18H24ClN3O3. The average molecular weight is 366 g/mol. The van der Waals surface area contributed by atoms with E-state index in [1.54, 1.807) is 31.2 Å². The Morgan fingerprint density at radius 2 is 1.80 bits per heavy atom. The second-order valence-electron chi connectivity index (χ2n) is 6.92. The van der Waals surface area contributed by atoms with Gasteiger partial charge in [0.2, 0.25) is 5.91 Å². The summed E-state index contributed by atoms with van der Waals surface area (Å²) in [5.41, 5.74) is 0.689. The van der Waals surface area contributed by atoms with Gasteiger partial charge in [-0.25, -0.2) is 4.79 Å². The molecule has 2 fully saturated rings. The number of amides is 3. The zero-order valence-corrected chi connectivity index (χ0v) is 15.2. The zero-order valence-electron chi connectivity index (χ0n) is 14.5. The number of anilines is 1. The number of carbonyl (C=O) groups is 2. The average Bonchev–Trinajstić information content (AvgIpc) is 2.80. The number of nitrogens with one attached hydrogen (secondary N) is 1. The van der Waals surface area contributed by atoms with Gasteiger partial charge in [-0.15, -0.1) is 0 Å². The molecule has 0 unspecified atom stereocenters. The van der Waals surface area contributed by atoms with Gasteiger partial charge >= 0.3 is 6.03 Å². The Kier molecular flexibility index (Phi) is 5.49. The summed E-state index contributed by atoms with van der Waals surface area (Å²) < 4.78 is 5.75. The molecule has 3 amide bonds. The molecule has 0 aliphatic carbocycles. The van der Waals surface area contributed by atoms with Crippen molar-refractivity contribution in [2.45, 2.75) is 19.8 Å². The highest BCUT2D eigenvalue weighted by molar-refractivity contribution is 6.30. The lowest BCUT2D eigenvalue weighted by atomic mass is 9.78. The van der Waals surface area contributed by atoms with Gasteiger partial charge < -0.3 is 19.9 Å². The predicted octanol–water partition coefficient (Wildman–Crippen LogP) is 2.83. The van der Waals surface area contributed by atoms with Crippen molar-refractivity contribution in [3.05, 3.63) is 29.3 Å². The molecule has 6 nitrogen and oxygen atoms in total. The van der Waals surface area contributed by atoms with Crippen molar-refractivity contribution in [1.82, 2.24) is 9.80 Å². The highest BCUT2D eigenvalue weighted by atomic mass is 35.5. The lowest BCUT2D eigenvalue weighted by molar-refractivity contribution is -0.130. The normalized spacial score (nSPS) is 20.2. The second kappa shape index (κ2) is 7.62. The third-order valence-electron chi connectivity index (χ3n) is 5.09. The first-order chi connectivity index (χ1) is 12.0. The molecule has 1 aromatic rings. The lowest BCUT2D eigenvalue weighted by Crippen LogP contribution is -2.50. The number of piperidine rings is 1. The number of urea groups is 1. The van der Waals surface area contributed by atoms with Gasteiger partial charge in [0, 0.05) is 49.2 Å². The van der Waals surface area contributed by atoms with E-state index in [0.29, 0.717) is 37.9 Å². The topological polar surface area (TPSA) is 61.9 Å². The van der Waals surface area contributed by atoms with E-state index in [-0.39, 0.29) is 17.4 Å². The van der Waals surface area contributed by atoms with E-state index >= 15 is 0 Å². The van der Waals surface area contributed by atoms with E-state index in [1.165, 1.54) is 0 Å². The third-order valence-corrected chi connectivity index (χ3v) is 5.34. The number of carbonyl (C=O) groups excluding carboxylic acids is 2. The molecule has 1 aromatic carbocycles. The minimum Gasteiger partial charge on any atom is -0.379 e. The van der Waals surface area contributed by atoms with Crippen LogP contribution in [0.15, 0.2) is 24.3 Å². The van der Waals surface area contributed by atoms with Crippen molar-refractivity contribution in [3.8, 4) is 0 Å². The summed E-state index contributed by atoms with van der Waals surface area (Å²) in [4.78, 5) is 27.9. The van der Waals surface area contributed by atoms with Crippen molar-refractivity contribution in [2.75, 3.05) is 44.7 Å². The Hall–Kier alpha value is -1.79. The maximum Gasteiger partial charge on any atom is 0.321 e. The van der Waals surface area contributed by atoms with E-state index in [2.05, 4.69) is 5.32 Å². The molecule has 136 valence electrons. The van der Waals surface area contributed by atoms with E-state index in [1.807, 2.05) is 9.80 Å². The quantitative estimate of drug-likeness (QED) is 0.832. The number of rotatable bonds is 1. The first kappa shape index (κ1) is 18.0. The van der Waals surface area contributed by atoms with E-state index in [0.717, 1.165) is 25.1 Å². The summed E-state index contributed by atoms with van der Waals surface area (Å²) in [6.07, 6.45) is 1.68. The van der Waals surface area contributed by atoms with Gasteiger partial charge in [0.25, 0.3) is 0 Å². The fourth-order valence-electron chi connectivity index (χ4n) is 3.48. The van der Waals surface area contributed by atoms with Crippen LogP contribution in [0.2, 0.25) is 5.02 Å². The zero-order chi connectivity index (χ0) is 17.9. The highest BCUT2D eigenvalue weighted by Gasteiger charge is 2.39. The number of hydrogen-bond acceptors (Lipinski definition) is 3. The number of hydrogen-bond donors (Lipinski definition) is 1. The summed E-state index contributed by atoms with van der Waals surface area (Å²) in [5, 5.41) is 3.54. The molecule has 2 saturated heterocycles. The summed E-state index contributed by atoms with van der Waals surface area (Å²) in [5.74, 6) is 0.0905. The van der Waals surface area contributed by atoms with Crippen LogP contribution in [0, 0.1) is 5.41 Å². The molecule has 2 aliphatic rings. The summed E-state index contributed by atoms with van der Waals surface area (Å²) in [6.45, 7) is 5.54. The van der Waals surface area contributed by atoms with Crippen LogP contribution in [-0.2, 0) is 9.53 Å². The Morgan fingerprint density at radius 3 is 2.44 bits per heavy atom.